The molecule has 0 aromatic carbocycles. The lowest BCUT2D eigenvalue weighted by molar-refractivity contribution is -0.145. The first kappa shape index (κ1) is 17.8. The van der Waals surface area contributed by atoms with Crippen LogP contribution in [0.1, 0.15) is 64.7 Å². The van der Waals surface area contributed by atoms with Crippen LogP contribution in [0.2, 0.25) is 0 Å². The van der Waals surface area contributed by atoms with Crippen molar-refractivity contribution < 1.29 is 9.53 Å². The average molecular weight is 349 g/mol. The molecule has 3 aliphatic heterocycles. The second-order valence-corrected chi connectivity index (χ2v) is 9.22. The van der Waals surface area contributed by atoms with Gasteiger partial charge in [0, 0.05) is 26.2 Å². The fourth-order valence-corrected chi connectivity index (χ4v) is 5.49. The lowest BCUT2D eigenvalue weighted by Gasteiger charge is -2.37. The van der Waals surface area contributed by atoms with Crippen molar-refractivity contribution in [2.45, 2.75) is 76.9 Å². The van der Waals surface area contributed by atoms with Gasteiger partial charge in [-0.2, -0.15) is 0 Å². The second-order valence-electron chi connectivity index (χ2n) is 9.22. The van der Waals surface area contributed by atoms with Crippen LogP contribution >= 0.6 is 0 Å². The van der Waals surface area contributed by atoms with Gasteiger partial charge in [0.1, 0.15) is 6.10 Å². The summed E-state index contributed by atoms with van der Waals surface area (Å²) in [6.45, 7) is 7.69. The number of likely N-dealkylation sites (tertiary alicyclic amines) is 2. The van der Waals surface area contributed by atoms with Crippen molar-refractivity contribution in [3.05, 3.63) is 0 Å². The van der Waals surface area contributed by atoms with Gasteiger partial charge < -0.3 is 14.5 Å². The summed E-state index contributed by atoms with van der Waals surface area (Å²) >= 11 is 0. The van der Waals surface area contributed by atoms with Gasteiger partial charge in [0.2, 0.25) is 0 Å². The summed E-state index contributed by atoms with van der Waals surface area (Å²) in [5.74, 6) is 2.56. The van der Waals surface area contributed by atoms with E-state index in [0.717, 1.165) is 50.7 Å². The molecule has 4 nitrogen and oxygen atoms in total. The molecule has 3 saturated heterocycles. The largest absolute Gasteiger partial charge is 0.364 e. The summed E-state index contributed by atoms with van der Waals surface area (Å²) in [6, 6.07) is 0. The topological polar surface area (TPSA) is 32.8 Å². The number of carbonyl (C=O) groups excluding carboxylic acids is 1. The van der Waals surface area contributed by atoms with E-state index >= 15 is 0 Å². The molecule has 0 unspecified atom stereocenters. The zero-order valence-corrected chi connectivity index (χ0v) is 16.0. The second kappa shape index (κ2) is 7.96. The Morgan fingerprint density at radius 2 is 1.76 bits per heavy atom. The summed E-state index contributed by atoms with van der Waals surface area (Å²) in [7, 11) is 0. The van der Waals surface area contributed by atoms with Crippen LogP contribution in [0.15, 0.2) is 0 Å². The smallest absolute Gasteiger partial charge is 0.251 e. The molecule has 3 heterocycles. The highest BCUT2D eigenvalue weighted by molar-refractivity contribution is 5.81. The molecule has 1 aliphatic carbocycles. The standard InChI is InChI=1S/C21H36N2O2/c1-16-7-11-23(12-8-16)21(24)19-13-18-9-10-22(15-20(18)25-19)14-17-5-3-2-4-6-17/h16-20H,2-15H2,1H3/t18-,19+,20+/m0/s1. The minimum absolute atomic E-state index is 0.155. The molecule has 0 aromatic heterocycles. The molecule has 1 saturated carbocycles. The van der Waals surface area contributed by atoms with E-state index < -0.39 is 0 Å². The van der Waals surface area contributed by atoms with Gasteiger partial charge in [-0.1, -0.05) is 26.2 Å². The maximum atomic E-state index is 12.8. The highest BCUT2D eigenvalue weighted by atomic mass is 16.5. The van der Waals surface area contributed by atoms with Crippen LogP contribution in [-0.4, -0.2) is 60.6 Å². The van der Waals surface area contributed by atoms with Gasteiger partial charge in [-0.3, -0.25) is 4.79 Å². The molecule has 4 heteroatoms. The predicted molar refractivity (Wildman–Crippen MR) is 99.4 cm³/mol. The number of hydrogen-bond acceptors (Lipinski definition) is 3. The minimum Gasteiger partial charge on any atom is -0.364 e. The first-order valence-electron chi connectivity index (χ1n) is 10.9. The molecule has 0 aromatic rings. The molecular weight excluding hydrogens is 312 g/mol. The van der Waals surface area contributed by atoms with Crippen molar-refractivity contribution in [3.8, 4) is 0 Å². The molecule has 4 rings (SSSR count). The summed E-state index contributed by atoms with van der Waals surface area (Å²) in [5.41, 5.74) is 0. The molecule has 0 bridgehead atoms. The van der Waals surface area contributed by atoms with E-state index in [1.165, 1.54) is 51.6 Å². The van der Waals surface area contributed by atoms with Crippen LogP contribution in [-0.2, 0) is 9.53 Å². The Kier molecular flexibility index (Phi) is 5.66. The molecular formula is C21H36N2O2. The van der Waals surface area contributed by atoms with Crippen LogP contribution in [0.3, 0.4) is 0 Å². The first-order chi connectivity index (χ1) is 12.2. The monoisotopic (exact) mass is 348 g/mol. The fraction of sp³-hybridized carbons (Fsp3) is 0.952. The van der Waals surface area contributed by atoms with Gasteiger partial charge in [-0.25, -0.2) is 0 Å². The number of piperidine rings is 2. The number of ether oxygens (including phenoxy) is 1. The molecule has 25 heavy (non-hydrogen) atoms. The van der Waals surface area contributed by atoms with E-state index in [-0.39, 0.29) is 12.0 Å². The number of carbonyl (C=O) groups is 1. The van der Waals surface area contributed by atoms with E-state index in [2.05, 4.69) is 16.7 Å². The van der Waals surface area contributed by atoms with Gasteiger partial charge in [-0.15, -0.1) is 0 Å². The average Bonchev–Trinajstić information content (AvgIpc) is 3.06. The van der Waals surface area contributed by atoms with E-state index in [1.54, 1.807) is 0 Å². The quantitative estimate of drug-likeness (QED) is 0.784. The molecule has 0 spiro atoms. The molecule has 0 radical (unpaired) electrons. The maximum Gasteiger partial charge on any atom is 0.251 e. The van der Waals surface area contributed by atoms with Crippen molar-refractivity contribution in [1.29, 1.82) is 0 Å². The number of amides is 1. The van der Waals surface area contributed by atoms with E-state index in [4.69, 9.17) is 4.74 Å². The van der Waals surface area contributed by atoms with Crippen LogP contribution in [0.4, 0.5) is 0 Å². The third-order valence-electron chi connectivity index (χ3n) is 7.25. The highest BCUT2D eigenvalue weighted by Gasteiger charge is 2.43. The van der Waals surface area contributed by atoms with Gasteiger partial charge in [0.25, 0.3) is 5.91 Å². The maximum absolute atomic E-state index is 12.8. The molecule has 1 amide bonds. The van der Waals surface area contributed by atoms with E-state index in [9.17, 15) is 4.79 Å². The minimum atomic E-state index is -0.155. The predicted octanol–water partition coefficient (Wildman–Crippen LogP) is 3.30. The molecule has 142 valence electrons. The van der Waals surface area contributed by atoms with Gasteiger partial charge in [-0.05, 0) is 62.8 Å². The molecule has 4 fully saturated rings. The van der Waals surface area contributed by atoms with Crippen molar-refractivity contribution in [3.63, 3.8) is 0 Å². The zero-order chi connectivity index (χ0) is 17.2. The lowest BCUT2D eigenvalue weighted by atomic mass is 9.87. The van der Waals surface area contributed by atoms with Crippen LogP contribution in [0.5, 0.6) is 0 Å². The Balaban J connectivity index is 1.27. The summed E-state index contributed by atoms with van der Waals surface area (Å²) in [5, 5.41) is 0. The van der Waals surface area contributed by atoms with E-state index in [0.29, 0.717) is 12.0 Å². The molecule has 0 N–H and O–H groups in total. The Labute approximate surface area is 153 Å². The third-order valence-corrected chi connectivity index (χ3v) is 7.25. The van der Waals surface area contributed by atoms with Gasteiger partial charge in [0.05, 0.1) is 6.10 Å². The Bertz CT molecular complexity index is 455. The van der Waals surface area contributed by atoms with Gasteiger partial charge in [0.15, 0.2) is 0 Å². The normalized spacial score (nSPS) is 35.7. The number of rotatable bonds is 3. The van der Waals surface area contributed by atoms with E-state index in [1.807, 2.05) is 0 Å². The van der Waals surface area contributed by atoms with Crippen molar-refractivity contribution in [2.75, 3.05) is 32.7 Å². The van der Waals surface area contributed by atoms with Crippen molar-refractivity contribution in [2.24, 2.45) is 17.8 Å². The van der Waals surface area contributed by atoms with Crippen molar-refractivity contribution >= 4 is 5.91 Å². The lowest BCUT2D eigenvalue weighted by Crippen LogP contribution is -2.45. The SMILES string of the molecule is CC1CCN(C(=O)[C@H]2C[C@@H]3CCN(CC4CCCCC4)C[C@H]3O2)CC1. The summed E-state index contributed by atoms with van der Waals surface area (Å²) < 4.78 is 6.29. The highest BCUT2D eigenvalue weighted by Crippen LogP contribution is 2.35. The Hall–Kier alpha value is -0.610. The van der Waals surface area contributed by atoms with Gasteiger partial charge >= 0.3 is 0 Å². The Morgan fingerprint density at radius 1 is 1.00 bits per heavy atom. The number of hydrogen-bond donors (Lipinski definition) is 0. The van der Waals surface area contributed by atoms with Crippen molar-refractivity contribution in [1.82, 2.24) is 9.80 Å². The molecule has 4 aliphatic rings. The first-order valence-corrected chi connectivity index (χ1v) is 10.9. The van der Waals surface area contributed by atoms with Crippen LogP contribution < -0.4 is 0 Å². The number of fused-ring (bicyclic) bond motifs is 1. The summed E-state index contributed by atoms with van der Waals surface area (Å²) in [6.07, 6.45) is 11.8. The fourth-order valence-electron chi connectivity index (χ4n) is 5.49. The molecule has 3 atom stereocenters. The third kappa shape index (κ3) is 4.21. The zero-order valence-electron chi connectivity index (χ0n) is 16.0. The van der Waals surface area contributed by atoms with Crippen LogP contribution in [0.25, 0.3) is 0 Å². The summed E-state index contributed by atoms with van der Waals surface area (Å²) in [4.78, 5) is 17.5. The van der Waals surface area contributed by atoms with Crippen LogP contribution in [0, 0.1) is 17.8 Å². The number of nitrogens with zero attached hydrogens (tertiary/aromatic N) is 2. The Morgan fingerprint density at radius 3 is 2.52 bits per heavy atom.